The summed E-state index contributed by atoms with van der Waals surface area (Å²) in [5.41, 5.74) is 8.81. The summed E-state index contributed by atoms with van der Waals surface area (Å²) in [4.78, 5) is 18.0. The topological polar surface area (TPSA) is 110 Å². The van der Waals surface area contributed by atoms with Crippen molar-refractivity contribution in [2.45, 2.75) is 64.4 Å². The molecule has 162 valence electrons. The van der Waals surface area contributed by atoms with Crippen LogP contribution in [0.3, 0.4) is 0 Å². The van der Waals surface area contributed by atoms with Crippen LogP contribution in [0.4, 0.5) is 16.2 Å². The summed E-state index contributed by atoms with van der Waals surface area (Å²) in [5.74, 6) is 0.754. The number of carboxylic acid groups (broad SMARTS) is 1. The third-order valence-corrected chi connectivity index (χ3v) is 10.9. The first kappa shape index (κ1) is 21.7. The van der Waals surface area contributed by atoms with Gasteiger partial charge in [0, 0.05) is 31.0 Å². The molecule has 0 radical (unpaired) electrons. The van der Waals surface area contributed by atoms with Crippen molar-refractivity contribution in [3.05, 3.63) is 11.8 Å². The lowest BCUT2D eigenvalue weighted by atomic mass is 9.91. The number of hydrogen-bond acceptors (Lipinski definition) is 6. The zero-order valence-electron chi connectivity index (χ0n) is 18.3. The molecule has 1 fully saturated rings. The number of amides is 1. The Balaban J connectivity index is 1.90. The van der Waals surface area contributed by atoms with Crippen molar-refractivity contribution in [2.24, 2.45) is 5.92 Å². The molecule has 0 saturated carbocycles. The van der Waals surface area contributed by atoms with E-state index in [0.29, 0.717) is 24.7 Å². The van der Waals surface area contributed by atoms with Gasteiger partial charge in [-0.05, 0) is 18.1 Å². The molecule has 3 heterocycles. The van der Waals surface area contributed by atoms with Gasteiger partial charge in [-0.25, -0.2) is 9.78 Å². The lowest BCUT2D eigenvalue weighted by Crippen LogP contribution is -2.62. The highest BCUT2D eigenvalue weighted by Crippen LogP contribution is 2.42. The number of nitrogen functional groups attached to an aromatic ring is 1. The molecule has 2 aliphatic rings. The van der Waals surface area contributed by atoms with Gasteiger partial charge in [-0.15, -0.1) is 0 Å². The predicted octanol–water partition coefficient (Wildman–Crippen LogP) is 3.08. The standard InChI is InChI=1S/C20H34N4O4Si/c1-12-10-24(16-13-7-8-27-18(13)22-9-14(16)21)11-15(23-19(25)26)17(12)28-29(5,6)20(2,3)4/h9,12,15,17,23H,7-8,10-11,21H2,1-6H3,(H,25,26)/t12-,15+,17+/m0/s1. The minimum absolute atomic E-state index is 0.0469. The van der Waals surface area contributed by atoms with E-state index in [1.54, 1.807) is 6.20 Å². The molecule has 2 aliphatic heterocycles. The number of piperidine rings is 1. The average molecular weight is 423 g/mol. The maximum absolute atomic E-state index is 11.6. The van der Waals surface area contributed by atoms with Crippen LogP contribution in [-0.4, -0.2) is 56.3 Å². The lowest BCUT2D eigenvalue weighted by molar-refractivity contribution is 0.0721. The zero-order chi connectivity index (χ0) is 21.6. The van der Waals surface area contributed by atoms with Crippen molar-refractivity contribution in [1.29, 1.82) is 0 Å². The van der Waals surface area contributed by atoms with Crippen LogP contribution in [0, 0.1) is 5.92 Å². The second-order valence-corrected chi connectivity index (χ2v) is 14.5. The van der Waals surface area contributed by atoms with Gasteiger partial charge < -0.3 is 30.2 Å². The number of nitrogens with one attached hydrogen (secondary N) is 1. The van der Waals surface area contributed by atoms with Gasteiger partial charge in [0.2, 0.25) is 5.88 Å². The van der Waals surface area contributed by atoms with Crippen LogP contribution in [0.5, 0.6) is 5.88 Å². The van der Waals surface area contributed by atoms with Crippen molar-refractivity contribution >= 4 is 25.8 Å². The normalized spacial score (nSPS) is 24.8. The van der Waals surface area contributed by atoms with Gasteiger partial charge in [0.25, 0.3) is 0 Å². The number of anilines is 2. The molecule has 3 atom stereocenters. The fourth-order valence-electron chi connectivity index (χ4n) is 3.96. The number of pyridine rings is 1. The number of carbonyl (C=O) groups is 1. The summed E-state index contributed by atoms with van der Waals surface area (Å²) in [5, 5.41) is 12.2. The van der Waals surface area contributed by atoms with Crippen LogP contribution in [0.1, 0.15) is 33.3 Å². The third kappa shape index (κ3) is 4.30. The zero-order valence-corrected chi connectivity index (χ0v) is 19.3. The van der Waals surface area contributed by atoms with E-state index >= 15 is 0 Å². The summed E-state index contributed by atoms with van der Waals surface area (Å²) in [6.07, 6.45) is 1.16. The summed E-state index contributed by atoms with van der Waals surface area (Å²) in [6.45, 7) is 14.9. The fourth-order valence-corrected chi connectivity index (χ4v) is 5.39. The predicted molar refractivity (Wildman–Crippen MR) is 116 cm³/mol. The maximum atomic E-state index is 11.6. The van der Waals surface area contributed by atoms with Gasteiger partial charge in [-0.2, -0.15) is 0 Å². The van der Waals surface area contributed by atoms with Gasteiger partial charge in [0.1, 0.15) is 0 Å². The van der Waals surface area contributed by atoms with Crippen LogP contribution in [0.2, 0.25) is 18.1 Å². The largest absolute Gasteiger partial charge is 0.477 e. The first-order valence-corrected chi connectivity index (χ1v) is 13.1. The molecule has 0 bridgehead atoms. The first-order chi connectivity index (χ1) is 13.4. The number of nitrogens with zero attached hydrogens (tertiary/aromatic N) is 2. The number of hydrogen-bond donors (Lipinski definition) is 3. The number of aromatic nitrogens is 1. The third-order valence-electron chi connectivity index (χ3n) is 6.47. The van der Waals surface area contributed by atoms with Crippen LogP contribution < -0.4 is 20.7 Å². The SMILES string of the molecule is C[C@H]1CN(c2c(N)cnc3c2CCO3)C[C@@H](NC(=O)O)[C@@H]1O[Si](C)(C)C(C)(C)C. The highest BCUT2D eigenvalue weighted by Gasteiger charge is 2.45. The van der Waals surface area contributed by atoms with E-state index in [1.165, 1.54) is 0 Å². The van der Waals surface area contributed by atoms with E-state index < -0.39 is 14.4 Å². The first-order valence-electron chi connectivity index (χ1n) is 10.2. The molecule has 0 spiro atoms. The Bertz CT molecular complexity index is 780. The number of rotatable bonds is 4. The summed E-state index contributed by atoms with van der Waals surface area (Å²) < 4.78 is 12.3. The molecule has 8 nitrogen and oxygen atoms in total. The highest BCUT2D eigenvalue weighted by molar-refractivity contribution is 6.74. The lowest BCUT2D eigenvalue weighted by Gasteiger charge is -2.48. The second kappa shape index (κ2) is 7.68. The Hall–Kier alpha value is -2.00. The molecule has 0 aliphatic carbocycles. The minimum Gasteiger partial charge on any atom is -0.477 e. The van der Waals surface area contributed by atoms with E-state index in [2.05, 4.69) is 56.0 Å². The van der Waals surface area contributed by atoms with Crippen molar-refractivity contribution in [3.63, 3.8) is 0 Å². The Morgan fingerprint density at radius 1 is 1.41 bits per heavy atom. The van der Waals surface area contributed by atoms with Gasteiger partial charge in [0.15, 0.2) is 8.32 Å². The molecular weight excluding hydrogens is 388 g/mol. The summed E-state index contributed by atoms with van der Waals surface area (Å²) in [6, 6.07) is -0.351. The summed E-state index contributed by atoms with van der Waals surface area (Å²) >= 11 is 0. The average Bonchev–Trinajstić information content (AvgIpc) is 3.04. The maximum Gasteiger partial charge on any atom is 0.405 e. The summed E-state index contributed by atoms with van der Waals surface area (Å²) in [7, 11) is -2.06. The molecule has 1 aromatic heterocycles. The van der Waals surface area contributed by atoms with E-state index in [4.69, 9.17) is 14.9 Å². The van der Waals surface area contributed by atoms with Crippen LogP contribution >= 0.6 is 0 Å². The molecule has 9 heteroatoms. The Kier molecular flexibility index (Phi) is 5.75. The number of nitrogens with two attached hydrogens (primary N) is 1. The highest BCUT2D eigenvalue weighted by atomic mass is 28.4. The van der Waals surface area contributed by atoms with Crippen LogP contribution in [-0.2, 0) is 10.8 Å². The van der Waals surface area contributed by atoms with E-state index in [1.807, 2.05) is 0 Å². The Labute approximate surface area is 173 Å². The number of fused-ring (bicyclic) bond motifs is 1. The molecule has 1 saturated heterocycles. The van der Waals surface area contributed by atoms with E-state index in [-0.39, 0.29) is 23.1 Å². The minimum atomic E-state index is -2.06. The van der Waals surface area contributed by atoms with Crippen molar-refractivity contribution in [1.82, 2.24) is 10.3 Å². The van der Waals surface area contributed by atoms with Gasteiger partial charge in [0.05, 0.1) is 36.3 Å². The van der Waals surface area contributed by atoms with E-state index in [9.17, 15) is 9.90 Å². The van der Waals surface area contributed by atoms with Gasteiger partial charge >= 0.3 is 6.09 Å². The molecular formula is C20H34N4O4Si. The molecule has 4 N–H and O–H groups in total. The molecule has 0 unspecified atom stereocenters. The van der Waals surface area contributed by atoms with Crippen LogP contribution in [0.25, 0.3) is 0 Å². The van der Waals surface area contributed by atoms with Crippen molar-refractivity contribution in [3.8, 4) is 5.88 Å². The van der Waals surface area contributed by atoms with Crippen molar-refractivity contribution < 1.29 is 19.1 Å². The molecule has 1 aromatic rings. The van der Waals surface area contributed by atoms with Gasteiger partial charge in [-0.3, -0.25) is 0 Å². The Morgan fingerprint density at radius 3 is 2.72 bits per heavy atom. The van der Waals surface area contributed by atoms with E-state index in [0.717, 1.165) is 24.2 Å². The quantitative estimate of drug-likeness (QED) is 0.640. The second-order valence-electron chi connectivity index (χ2n) is 9.73. The number of ether oxygens (including phenoxy) is 1. The Morgan fingerprint density at radius 2 is 2.10 bits per heavy atom. The van der Waals surface area contributed by atoms with Crippen molar-refractivity contribution in [2.75, 3.05) is 30.3 Å². The molecule has 29 heavy (non-hydrogen) atoms. The smallest absolute Gasteiger partial charge is 0.405 e. The van der Waals surface area contributed by atoms with Gasteiger partial charge in [-0.1, -0.05) is 27.7 Å². The monoisotopic (exact) mass is 422 g/mol. The van der Waals surface area contributed by atoms with Crippen LogP contribution in [0.15, 0.2) is 6.20 Å². The molecule has 3 rings (SSSR count). The fraction of sp³-hybridized carbons (Fsp3) is 0.700. The molecule has 1 amide bonds. The molecule has 0 aromatic carbocycles.